The van der Waals surface area contributed by atoms with E-state index in [1.165, 1.54) is 4.90 Å². The first-order valence-corrected chi connectivity index (χ1v) is 8.96. The maximum Gasteiger partial charge on any atom is 0.257 e. The lowest BCUT2D eigenvalue weighted by atomic mass is 9.95. The second-order valence-corrected chi connectivity index (χ2v) is 7.61. The highest BCUT2D eigenvalue weighted by molar-refractivity contribution is 6.29. The SMILES string of the molecule is Cc1ccc2[nH]c3c4cc5[nH]n(C)cc-5c4c4c(c3c2c1)C(O)N(C)C4=O. The van der Waals surface area contributed by atoms with Crippen molar-refractivity contribution in [3.8, 4) is 11.3 Å². The molecule has 0 bridgehead atoms. The van der Waals surface area contributed by atoms with Crippen molar-refractivity contribution < 1.29 is 9.90 Å². The third-order valence-corrected chi connectivity index (χ3v) is 5.91. The van der Waals surface area contributed by atoms with Crippen LogP contribution in [0.4, 0.5) is 0 Å². The van der Waals surface area contributed by atoms with Crippen LogP contribution < -0.4 is 0 Å². The first-order chi connectivity index (χ1) is 13.0. The van der Waals surface area contributed by atoms with Crippen LogP contribution >= 0.6 is 0 Å². The zero-order valence-electron chi connectivity index (χ0n) is 15.2. The number of carbonyl (C=O) groups is 1. The second-order valence-electron chi connectivity index (χ2n) is 7.61. The summed E-state index contributed by atoms with van der Waals surface area (Å²) in [6, 6.07) is 8.33. The highest BCUT2D eigenvalue weighted by Crippen LogP contribution is 2.48. The molecule has 1 atom stereocenters. The molecule has 3 aromatic rings. The van der Waals surface area contributed by atoms with E-state index in [-0.39, 0.29) is 5.91 Å². The molecule has 1 unspecified atom stereocenters. The summed E-state index contributed by atoms with van der Waals surface area (Å²) < 4.78 is 1.88. The molecule has 3 N–H and O–H groups in total. The third-order valence-electron chi connectivity index (χ3n) is 5.91. The molecule has 6 rings (SSSR count). The fourth-order valence-corrected chi connectivity index (χ4v) is 4.69. The first kappa shape index (κ1) is 14.9. The van der Waals surface area contributed by atoms with Crippen LogP contribution in [0, 0.1) is 6.92 Å². The quantitative estimate of drug-likeness (QED) is 0.395. The number of aromatic nitrogens is 3. The largest absolute Gasteiger partial charge is 0.369 e. The number of H-pyrrole nitrogens is 2. The summed E-state index contributed by atoms with van der Waals surface area (Å²) in [6.07, 6.45) is 1.05. The maximum absolute atomic E-state index is 13.1. The summed E-state index contributed by atoms with van der Waals surface area (Å²) in [7, 11) is 3.58. The van der Waals surface area contributed by atoms with Crippen molar-refractivity contribution in [3.05, 3.63) is 47.2 Å². The Morgan fingerprint density at radius 3 is 2.74 bits per heavy atom. The van der Waals surface area contributed by atoms with E-state index in [4.69, 9.17) is 0 Å². The smallest absolute Gasteiger partial charge is 0.257 e. The van der Waals surface area contributed by atoms with E-state index in [0.717, 1.165) is 49.4 Å². The van der Waals surface area contributed by atoms with E-state index >= 15 is 0 Å². The number of aryl methyl sites for hydroxylation is 2. The number of aliphatic hydroxyl groups excluding tert-OH is 1. The van der Waals surface area contributed by atoms with E-state index in [9.17, 15) is 9.90 Å². The molecule has 27 heavy (non-hydrogen) atoms. The fraction of sp³-hybridized carbons (Fsp3) is 0.190. The molecule has 6 heteroatoms. The number of aromatic amines is 2. The Labute approximate surface area is 154 Å². The molecule has 0 saturated carbocycles. The molecular weight excluding hydrogens is 340 g/mol. The molecule has 3 heterocycles. The number of amides is 1. The number of hydrogen-bond acceptors (Lipinski definition) is 2. The van der Waals surface area contributed by atoms with Gasteiger partial charge in [0.25, 0.3) is 5.91 Å². The summed E-state index contributed by atoms with van der Waals surface area (Å²) in [6.45, 7) is 2.05. The van der Waals surface area contributed by atoms with Gasteiger partial charge < -0.3 is 15.0 Å². The van der Waals surface area contributed by atoms with Crippen LogP contribution in [0.3, 0.4) is 0 Å². The van der Waals surface area contributed by atoms with Gasteiger partial charge in [0.1, 0.15) is 0 Å². The van der Waals surface area contributed by atoms with Gasteiger partial charge in [-0.1, -0.05) is 11.6 Å². The van der Waals surface area contributed by atoms with Gasteiger partial charge in [0.15, 0.2) is 6.23 Å². The van der Waals surface area contributed by atoms with Crippen molar-refractivity contribution in [2.75, 3.05) is 7.05 Å². The van der Waals surface area contributed by atoms with Gasteiger partial charge in [-0.15, -0.1) is 0 Å². The molecule has 1 aromatic heterocycles. The second kappa shape index (κ2) is 4.53. The van der Waals surface area contributed by atoms with Crippen LogP contribution in [-0.2, 0) is 7.05 Å². The van der Waals surface area contributed by atoms with Crippen molar-refractivity contribution in [1.29, 1.82) is 0 Å². The van der Waals surface area contributed by atoms with Crippen LogP contribution in [-0.4, -0.2) is 37.7 Å². The molecule has 0 spiro atoms. The van der Waals surface area contributed by atoms with Crippen LogP contribution in [0.15, 0.2) is 30.5 Å². The van der Waals surface area contributed by atoms with Crippen LogP contribution in [0.25, 0.3) is 43.8 Å². The number of fused-ring (bicyclic) bond motifs is 10. The van der Waals surface area contributed by atoms with Gasteiger partial charge in [0.2, 0.25) is 0 Å². The first-order valence-electron chi connectivity index (χ1n) is 8.96. The number of nitrogens with one attached hydrogen (secondary N) is 2. The van der Waals surface area contributed by atoms with Gasteiger partial charge in [-0.25, -0.2) is 0 Å². The van der Waals surface area contributed by atoms with Gasteiger partial charge in [-0.2, -0.15) is 0 Å². The zero-order chi connectivity index (χ0) is 18.6. The summed E-state index contributed by atoms with van der Waals surface area (Å²) >= 11 is 0. The monoisotopic (exact) mass is 358 g/mol. The number of rotatable bonds is 0. The van der Waals surface area contributed by atoms with Crippen molar-refractivity contribution in [3.63, 3.8) is 0 Å². The highest BCUT2D eigenvalue weighted by Gasteiger charge is 2.39. The summed E-state index contributed by atoms with van der Waals surface area (Å²) in [5, 5.41) is 18.1. The molecular formula is C21H18N4O2. The zero-order valence-corrected chi connectivity index (χ0v) is 15.2. The Kier molecular flexibility index (Phi) is 2.49. The Bertz CT molecular complexity index is 1400. The molecule has 1 aliphatic carbocycles. The highest BCUT2D eigenvalue weighted by atomic mass is 16.3. The normalized spacial score (nSPS) is 17.3. The molecule has 1 amide bonds. The maximum atomic E-state index is 13.1. The molecule has 134 valence electrons. The van der Waals surface area contributed by atoms with Crippen LogP contribution in [0.1, 0.15) is 27.7 Å². The van der Waals surface area contributed by atoms with Gasteiger partial charge in [0, 0.05) is 58.5 Å². The topological polar surface area (TPSA) is 77.0 Å². The van der Waals surface area contributed by atoms with E-state index in [1.807, 2.05) is 17.9 Å². The van der Waals surface area contributed by atoms with E-state index in [2.05, 4.69) is 41.3 Å². The number of benzene rings is 2. The van der Waals surface area contributed by atoms with Crippen molar-refractivity contribution >= 4 is 38.5 Å². The minimum absolute atomic E-state index is 0.136. The van der Waals surface area contributed by atoms with E-state index in [0.29, 0.717) is 11.1 Å². The lowest BCUT2D eigenvalue weighted by molar-refractivity contribution is 0.0307. The number of carbonyl (C=O) groups excluding carboxylic acids is 1. The van der Waals surface area contributed by atoms with E-state index < -0.39 is 6.23 Å². The Hall–Kier alpha value is -3.25. The molecule has 0 fully saturated rings. The summed E-state index contributed by atoms with van der Waals surface area (Å²) in [4.78, 5) is 18.0. The van der Waals surface area contributed by atoms with Gasteiger partial charge in [-0.05, 0) is 25.1 Å². The summed E-state index contributed by atoms with van der Waals surface area (Å²) in [5.74, 6) is -0.136. The Balaban J connectivity index is 1.95. The van der Waals surface area contributed by atoms with Crippen LogP contribution in [0.5, 0.6) is 0 Å². The number of nitrogens with zero attached hydrogens (tertiary/aromatic N) is 2. The lowest BCUT2D eigenvalue weighted by Crippen LogP contribution is -2.22. The third kappa shape index (κ3) is 1.62. The Morgan fingerprint density at radius 1 is 1.11 bits per heavy atom. The fourth-order valence-electron chi connectivity index (χ4n) is 4.69. The molecule has 3 aliphatic rings. The number of aliphatic hydroxyl groups is 1. The minimum Gasteiger partial charge on any atom is -0.369 e. The van der Waals surface area contributed by atoms with Crippen molar-refractivity contribution in [1.82, 2.24) is 19.7 Å². The predicted octanol–water partition coefficient (Wildman–Crippen LogP) is 3.63. The predicted molar refractivity (Wildman–Crippen MR) is 105 cm³/mol. The molecule has 0 radical (unpaired) electrons. The van der Waals surface area contributed by atoms with Gasteiger partial charge in [-0.3, -0.25) is 14.6 Å². The van der Waals surface area contributed by atoms with E-state index in [1.54, 1.807) is 7.05 Å². The standard InChI is InChI=1S/C21H18N4O2/c1-9-4-5-13-10(6-9)16-18-17(20(26)25(3)21(18)27)15-11(19(16)22-13)7-14-12(15)8-24(2)23-14/h4-8,21-23,27H,1-3H3. The minimum atomic E-state index is -0.948. The lowest BCUT2D eigenvalue weighted by Gasteiger charge is -2.14. The molecule has 6 nitrogen and oxygen atoms in total. The van der Waals surface area contributed by atoms with Crippen LogP contribution in [0.2, 0.25) is 0 Å². The van der Waals surface area contributed by atoms with Crippen molar-refractivity contribution in [2.45, 2.75) is 13.2 Å². The summed E-state index contributed by atoms with van der Waals surface area (Å²) in [5.41, 5.74) is 6.42. The van der Waals surface area contributed by atoms with Gasteiger partial charge >= 0.3 is 0 Å². The average molecular weight is 358 g/mol. The number of hydrogen-bond donors (Lipinski definition) is 3. The Morgan fingerprint density at radius 2 is 1.93 bits per heavy atom. The average Bonchev–Trinajstić information content (AvgIpc) is 3.32. The molecule has 0 saturated heterocycles. The molecule has 2 aromatic carbocycles. The van der Waals surface area contributed by atoms with Gasteiger partial charge in [0.05, 0.1) is 16.8 Å². The molecule has 2 aliphatic heterocycles. The van der Waals surface area contributed by atoms with Crippen molar-refractivity contribution in [2.24, 2.45) is 7.05 Å².